The number of ether oxygens (including phenoxy) is 2. The van der Waals surface area contributed by atoms with Crippen molar-refractivity contribution >= 4 is 38.8 Å². The molecule has 0 aliphatic rings. The van der Waals surface area contributed by atoms with Gasteiger partial charge < -0.3 is 14.5 Å². The smallest absolute Gasteiger partial charge is 0.355 e. The number of fused-ring (bicyclic) bond motifs is 1. The lowest BCUT2D eigenvalue weighted by molar-refractivity contribution is -0.143. The van der Waals surface area contributed by atoms with Gasteiger partial charge in [-0.15, -0.1) is 0 Å². The number of nitrogens with one attached hydrogen (secondary N) is 1. The normalized spacial score (nSPS) is 10.8. The Bertz CT molecular complexity index is 736. The van der Waals surface area contributed by atoms with Crippen LogP contribution in [-0.4, -0.2) is 30.1 Å². The lowest BCUT2D eigenvalue weighted by Crippen LogP contribution is -2.10. The molecule has 5 nitrogen and oxygen atoms in total. The summed E-state index contributed by atoms with van der Waals surface area (Å²) in [5.41, 5.74) is 3.09. The highest BCUT2D eigenvalue weighted by molar-refractivity contribution is 9.10. The molecular weight excluding hydrogens is 362 g/mol. The molecule has 0 saturated carbocycles. The summed E-state index contributed by atoms with van der Waals surface area (Å²) >= 11 is 3.49. The van der Waals surface area contributed by atoms with Gasteiger partial charge in [0.2, 0.25) is 0 Å². The Balaban J connectivity index is 2.45. The van der Waals surface area contributed by atoms with Crippen LogP contribution in [0.15, 0.2) is 16.6 Å². The monoisotopic (exact) mass is 381 g/mol. The number of carbonyl (C=O) groups is 2. The Morgan fingerprint density at radius 2 is 1.87 bits per heavy atom. The summed E-state index contributed by atoms with van der Waals surface area (Å²) in [6, 6.07) is 3.88. The van der Waals surface area contributed by atoms with E-state index in [9.17, 15) is 9.59 Å². The lowest BCUT2D eigenvalue weighted by atomic mass is 10.0. The molecule has 2 aromatic rings. The van der Waals surface area contributed by atoms with Crippen LogP contribution in [0.25, 0.3) is 10.9 Å². The third-order valence-electron chi connectivity index (χ3n) is 3.64. The third kappa shape index (κ3) is 3.75. The first-order chi connectivity index (χ1) is 11.0. The second kappa shape index (κ2) is 7.64. The number of esters is 2. The molecule has 6 heteroatoms. The SMILES string of the molecule is CCOC(=O)CCc1c(C(=O)OCC)[nH]c2c(C)c(Br)ccc12. The van der Waals surface area contributed by atoms with Crippen LogP contribution in [0.3, 0.4) is 0 Å². The van der Waals surface area contributed by atoms with Crippen molar-refractivity contribution in [1.82, 2.24) is 4.98 Å². The van der Waals surface area contributed by atoms with Gasteiger partial charge in [-0.3, -0.25) is 4.79 Å². The van der Waals surface area contributed by atoms with Crippen LogP contribution in [0.4, 0.5) is 0 Å². The van der Waals surface area contributed by atoms with E-state index in [-0.39, 0.29) is 12.4 Å². The van der Waals surface area contributed by atoms with Gasteiger partial charge in [0.15, 0.2) is 0 Å². The number of aromatic amines is 1. The summed E-state index contributed by atoms with van der Waals surface area (Å²) in [6.07, 6.45) is 0.649. The predicted octanol–water partition coefficient (Wildman–Crippen LogP) is 3.91. The average Bonchev–Trinajstić information content (AvgIpc) is 2.89. The van der Waals surface area contributed by atoms with Crippen molar-refractivity contribution in [2.24, 2.45) is 0 Å². The fraction of sp³-hybridized carbons (Fsp3) is 0.412. The molecule has 0 unspecified atom stereocenters. The van der Waals surface area contributed by atoms with Crippen LogP contribution >= 0.6 is 15.9 Å². The molecule has 2 rings (SSSR count). The molecule has 0 saturated heterocycles. The van der Waals surface area contributed by atoms with Crippen molar-refractivity contribution in [2.45, 2.75) is 33.6 Å². The van der Waals surface area contributed by atoms with E-state index in [2.05, 4.69) is 20.9 Å². The number of halogens is 1. The zero-order valence-electron chi connectivity index (χ0n) is 13.5. The first-order valence-electron chi connectivity index (χ1n) is 7.61. The van der Waals surface area contributed by atoms with Gasteiger partial charge in [0.1, 0.15) is 5.69 Å². The zero-order valence-corrected chi connectivity index (χ0v) is 15.1. The molecule has 1 aromatic carbocycles. The minimum atomic E-state index is -0.405. The second-order valence-corrected chi connectivity index (χ2v) is 5.95. The largest absolute Gasteiger partial charge is 0.466 e. The van der Waals surface area contributed by atoms with Crippen LogP contribution in [0.5, 0.6) is 0 Å². The van der Waals surface area contributed by atoms with Crippen molar-refractivity contribution in [3.63, 3.8) is 0 Å². The maximum atomic E-state index is 12.2. The maximum absolute atomic E-state index is 12.2. The van der Waals surface area contributed by atoms with Crippen LogP contribution in [0.1, 0.15) is 41.9 Å². The summed E-state index contributed by atoms with van der Waals surface area (Å²) in [6.45, 7) is 6.15. The molecule has 1 aromatic heterocycles. The van der Waals surface area contributed by atoms with E-state index in [4.69, 9.17) is 9.47 Å². The van der Waals surface area contributed by atoms with Gasteiger partial charge in [0.05, 0.1) is 18.7 Å². The highest BCUT2D eigenvalue weighted by Crippen LogP contribution is 2.31. The molecule has 1 N–H and O–H groups in total. The number of hydrogen-bond acceptors (Lipinski definition) is 4. The van der Waals surface area contributed by atoms with Crippen molar-refractivity contribution in [3.05, 3.63) is 33.4 Å². The van der Waals surface area contributed by atoms with Crippen LogP contribution < -0.4 is 0 Å². The molecule has 0 bridgehead atoms. The van der Waals surface area contributed by atoms with E-state index in [0.29, 0.717) is 25.3 Å². The van der Waals surface area contributed by atoms with Gasteiger partial charge in [-0.2, -0.15) is 0 Å². The van der Waals surface area contributed by atoms with Crippen molar-refractivity contribution < 1.29 is 19.1 Å². The summed E-state index contributed by atoms with van der Waals surface area (Å²) < 4.78 is 11.1. The lowest BCUT2D eigenvalue weighted by Gasteiger charge is -2.05. The molecule has 0 aliphatic heterocycles. The topological polar surface area (TPSA) is 68.4 Å². The maximum Gasteiger partial charge on any atom is 0.355 e. The van der Waals surface area contributed by atoms with E-state index in [1.54, 1.807) is 13.8 Å². The van der Waals surface area contributed by atoms with Gasteiger partial charge in [0, 0.05) is 16.3 Å². The molecule has 0 aliphatic carbocycles. The third-order valence-corrected chi connectivity index (χ3v) is 4.50. The van der Waals surface area contributed by atoms with Gasteiger partial charge in [-0.25, -0.2) is 4.79 Å². The number of aromatic nitrogens is 1. The Morgan fingerprint density at radius 3 is 2.52 bits per heavy atom. The van der Waals surface area contributed by atoms with Crippen molar-refractivity contribution in [1.29, 1.82) is 0 Å². The molecule has 0 fully saturated rings. The van der Waals surface area contributed by atoms with E-state index < -0.39 is 5.97 Å². The number of rotatable bonds is 6. The molecule has 0 radical (unpaired) electrons. The minimum absolute atomic E-state index is 0.225. The van der Waals surface area contributed by atoms with Crippen LogP contribution in [-0.2, 0) is 20.7 Å². The van der Waals surface area contributed by atoms with E-state index >= 15 is 0 Å². The Labute approximate surface area is 143 Å². The van der Waals surface area contributed by atoms with Gasteiger partial charge in [-0.1, -0.05) is 22.0 Å². The van der Waals surface area contributed by atoms with E-state index in [1.165, 1.54) is 0 Å². The molecule has 0 spiro atoms. The minimum Gasteiger partial charge on any atom is -0.466 e. The summed E-state index contributed by atoms with van der Waals surface area (Å²) in [5, 5.41) is 0.929. The fourth-order valence-corrected chi connectivity index (χ4v) is 2.86. The Hall–Kier alpha value is -1.82. The van der Waals surface area contributed by atoms with Gasteiger partial charge in [0.25, 0.3) is 0 Å². The van der Waals surface area contributed by atoms with Crippen molar-refractivity contribution in [3.8, 4) is 0 Å². The highest BCUT2D eigenvalue weighted by Gasteiger charge is 2.21. The quantitative estimate of drug-likeness (QED) is 0.770. The zero-order chi connectivity index (χ0) is 17.0. The molecular formula is C17H20BrNO4. The summed E-state index contributed by atoms with van der Waals surface area (Å²) in [7, 11) is 0. The first-order valence-corrected chi connectivity index (χ1v) is 8.41. The Kier molecular flexibility index (Phi) is 5.82. The predicted molar refractivity (Wildman–Crippen MR) is 91.6 cm³/mol. The highest BCUT2D eigenvalue weighted by atomic mass is 79.9. The standard InChI is InChI=1S/C17H20BrNO4/c1-4-22-14(20)9-7-12-11-6-8-13(18)10(3)15(11)19-16(12)17(21)23-5-2/h6,8,19H,4-5,7,9H2,1-3H3. The first kappa shape index (κ1) is 17.5. The summed E-state index contributed by atoms with van der Waals surface area (Å²) in [4.78, 5) is 27.0. The van der Waals surface area contributed by atoms with Gasteiger partial charge >= 0.3 is 11.9 Å². The van der Waals surface area contributed by atoms with Gasteiger partial charge in [-0.05, 0) is 44.4 Å². The molecule has 23 heavy (non-hydrogen) atoms. The Morgan fingerprint density at radius 1 is 1.17 bits per heavy atom. The van der Waals surface area contributed by atoms with Crippen LogP contribution in [0, 0.1) is 6.92 Å². The number of carbonyl (C=O) groups excluding carboxylic acids is 2. The summed E-state index contributed by atoms with van der Waals surface area (Å²) in [5.74, 6) is -0.677. The molecule has 0 amide bonds. The number of aryl methyl sites for hydroxylation is 2. The fourth-order valence-electron chi connectivity index (χ4n) is 2.53. The molecule has 124 valence electrons. The number of H-pyrrole nitrogens is 1. The van der Waals surface area contributed by atoms with E-state index in [0.717, 1.165) is 26.5 Å². The number of benzene rings is 1. The van der Waals surface area contributed by atoms with E-state index in [1.807, 2.05) is 19.1 Å². The second-order valence-electron chi connectivity index (χ2n) is 5.10. The molecule has 0 atom stereocenters. The average molecular weight is 382 g/mol. The number of hydrogen-bond donors (Lipinski definition) is 1. The molecule has 1 heterocycles. The van der Waals surface area contributed by atoms with Crippen LogP contribution in [0.2, 0.25) is 0 Å². The van der Waals surface area contributed by atoms with Crippen molar-refractivity contribution in [2.75, 3.05) is 13.2 Å².